The van der Waals surface area contributed by atoms with Gasteiger partial charge in [-0.25, -0.2) is 4.79 Å². The molecule has 0 radical (unpaired) electrons. The van der Waals surface area contributed by atoms with Crippen molar-refractivity contribution in [1.82, 2.24) is 0 Å². The molecule has 6 heteroatoms. The summed E-state index contributed by atoms with van der Waals surface area (Å²) >= 11 is 11.7. The molecule has 4 nitrogen and oxygen atoms in total. The lowest BCUT2D eigenvalue weighted by Crippen LogP contribution is -2.16. The Hall–Kier alpha value is -2.22. The third-order valence-corrected chi connectivity index (χ3v) is 2.91. The molecule has 0 spiro atoms. The molecule has 0 fully saturated rings. The minimum absolute atomic E-state index is 0.314. The van der Waals surface area contributed by atoms with Crippen LogP contribution in [0.5, 0.6) is 5.75 Å². The van der Waals surface area contributed by atoms with Crippen molar-refractivity contribution >= 4 is 35.0 Å². The normalized spacial score (nSPS) is 9.65. The number of rotatable bonds is 2. The molecule has 0 saturated heterocycles. The zero-order chi connectivity index (χ0) is 14.5. The SMILES string of the molecule is N#Cc1ccc(OC(=O)Nc2ccc(Cl)cc2Cl)cc1. The quantitative estimate of drug-likeness (QED) is 0.890. The molecule has 1 amide bonds. The Morgan fingerprint density at radius 2 is 1.85 bits per heavy atom. The smallest absolute Gasteiger partial charge is 0.410 e. The Labute approximate surface area is 125 Å². The lowest BCUT2D eigenvalue weighted by molar-refractivity contribution is 0.215. The third kappa shape index (κ3) is 3.64. The molecule has 2 aromatic carbocycles. The third-order valence-electron chi connectivity index (χ3n) is 2.36. The lowest BCUT2D eigenvalue weighted by Gasteiger charge is -2.08. The van der Waals surface area contributed by atoms with E-state index in [1.165, 1.54) is 18.2 Å². The van der Waals surface area contributed by atoms with Gasteiger partial charge in [0.05, 0.1) is 22.3 Å². The van der Waals surface area contributed by atoms with Gasteiger partial charge in [0.2, 0.25) is 0 Å². The second-order valence-electron chi connectivity index (χ2n) is 3.77. The summed E-state index contributed by atoms with van der Waals surface area (Å²) in [6.07, 6.45) is -0.682. The highest BCUT2D eigenvalue weighted by Gasteiger charge is 2.08. The van der Waals surface area contributed by atoms with Crippen molar-refractivity contribution in [3.63, 3.8) is 0 Å². The van der Waals surface area contributed by atoms with Gasteiger partial charge < -0.3 is 4.74 Å². The average Bonchev–Trinajstić information content (AvgIpc) is 2.43. The topological polar surface area (TPSA) is 62.1 Å². The molecule has 0 aliphatic carbocycles. The van der Waals surface area contributed by atoms with Gasteiger partial charge >= 0.3 is 6.09 Å². The highest BCUT2D eigenvalue weighted by atomic mass is 35.5. The van der Waals surface area contributed by atoms with E-state index >= 15 is 0 Å². The van der Waals surface area contributed by atoms with Gasteiger partial charge in [0.25, 0.3) is 0 Å². The van der Waals surface area contributed by atoms with Crippen LogP contribution in [-0.2, 0) is 0 Å². The summed E-state index contributed by atoms with van der Waals surface area (Å²) < 4.78 is 5.05. The van der Waals surface area contributed by atoms with E-state index in [4.69, 9.17) is 33.2 Å². The van der Waals surface area contributed by atoms with Crippen LogP contribution in [0.15, 0.2) is 42.5 Å². The van der Waals surface area contributed by atoms with Gasteiger partial charge in [0.1, 0.15) is 5.75 Å². The first-order valence-corrected chi connectivity index (χ1v) is 6.28. The molecule has 2 rings (SSSR count). The fraction of sp³-hybridized carbons (Fsp3) is 0. The zero-order valence-corrected chi connectivity index (χ0v) is 11.6. The van der Waals surface area contributed by atoms with Crippen LogP contribution >= 0.6 is 23.2 Å². The fourth-order valence-electron chi connectivity index (χ4n) is 1.43. The molecule has 2 aromatic rings. The minimum atomic E-state index is -0.682. The van der Waals surface area contributed by atoms with Crippen LogP contribution in [0.1, 0.15) is 5.56 Å². The number of carbonyl (C=O) groups excluding carboxylic acids is 1. The summed E-state index contributed by atoms with van der Waals surface area (Å²) in [6, 6.07) is 12.8. The van der Waals surface area contributed by atoms with Gasteiger partial charge in [-0.15, -0.1) is 0 Å². The van der Waals surface area contributed by atoms with Crippen molar-refractivity contribution in [3.8, 4) is 11.8 Å². The molecule has 0 heterocycles. The number of nitrogens with one attached hydrogen (secondary N) is 1. The number of halogens is 2. The molecule has 1 N–H and O–H groups in total. The highest BCUT2D eigenvalue weighted by molar-refractivity contribution is 6.36. The van der Waals surface area contributed by atoms with Crippen LogP contribution in [0.25, 0.3) is 0 Å². The maximum absolute atomic E-state index is 11.7. The Balaban J connectivity index is 2.03. The summed E-state index contributed by atoms with van der Waals surface area (Å²) in [4.78, 5) is 11.7. The summed E-state index contributed by atoms with van der Waals surface area (Å²) in [6.45, 7) is 0. The highest BCUT2D eigenvalue weighted by Crippen LogP contribution is 2.25. The molecule has 0 aliphatic rings. The average molecular weight is 307 g/mol. The molecule has 0 aliphatic heterocycles. The molecular formula is C14H8Cl2N2O2. The van der Waals surface area contributed by atoms with E-state index in [2.05, 4.69) is 5.32 Å². The van der Waals surface area contributed by atoms with Crippen molar-refractivity contribution in [1.29, 1.82) is 5.26 Å². The van der Waals surface area contributed by atoms with E-state index in [1.807, 2.05) is 6.07 Å². The standard InChI is InChI=1S/C14H8Cl2N2O2/c15-10-3-6-13(12(16)7-10)18-14(19)20-11-4-1-9(8-17)2-5-11/h1-7H,(H,18,19). The van der Waals surface area contributed by atoms with E-state index in [9.17, 15) is 4.79 Å². The molecular weight excluding hydrogens is 299 g/mol. The van der Waals surface area contributed by atoms with Crippen LogP contribution in [-0.4, -0.2) is 6.09 Å². The minimum Gasteiger partial charge on any atom is -0.410 e. The Kier molecular flexibility index (Phi) is 4.46. The van der Waals surface area contributed by atoms with E-state index in [1.54, 1.807) is 24.3 Å². The van der Waals surface area contributed by atoms with Gasteiger partial charge in [-0.1, -0.05) is 23.2 Å². The van der Waals surface area contributed by atoms with E-state index in [0.717, 1.165) is 0 Å². The van der Waals surface area contributed by atoms with E-state index in [-0.39, 0.29) is 0 Å². The summed E-state index contributed by atoms with van der Waals surface area (Å²) in [7, 11) is 0. The summed E-state index contributed by atoms with van der Waals surface area (Å²) in [5, 5.41) is 11.9. The van der Waals surface area contributed by atoms with E-state index < -0.39 is 6.09 Å². The number of carbonyl (C=O) groups is 1. The van der Waals surface area contributed by atoms with Crippen molar-refractivity contribution in [3.05, 3.63) is 58.1 Å². The lowest BCUT2D eigenvalue weighted by atomic mass is 10.2. The van der Waals surface area contributed by atoms with Gasteiger partial charge in [-0.05, 0) is 42.5 Å². The molecule has 20 heavy (non-hydrogen) atoms. The maximum atomic E-state index is 11.7. The predicted octanol–water partition coefficient (Wildman–Crippen LogP) is 4.48. The van der Waals surface area contributed by atoms with Crippen molar-refractivity contribution < 1.29 is 9.53 Å². The number of nitriles is 1. The molecule has 0 aromatic heterocycles. The van der Waals surface area contributed by atoms with E-state index in [0.29, 0.717) is 27.0 Å². The molecule has 0 saturated carbocycles. The fourth-order valence-corrected chi connectivity index (χ4v) is 1.89. The zero-order valence-electron chi connectivity index (χ0n) is 10.1. The second kappa shape index (κ2) is 6.29. The molecule has 0 unspecified atom stereocenters. The van der Waals surface area contributed by atoms with Crippen LogP contribution < -0.4 is 10.1 Å². The first kappa shape index (κ1) is 14.2. The Morgan fingerprint density at radius 1 is 1.15 bits per heavy atom. The number of anilines is 1. The molecule has 0 bridgehead atoms. The summed E-state index contributed by atoms with van der Waals surface area (Å²) in [5.41, 5.74) is 0.883. The van der Waals surface area contributed by atoms with Crippen molar-refractivity contribution in [2.75, 3.05) is 5.32 Å². The van der Waals surface area contributed by atoms with Crippen LogP contribution in [0.2, 0.25) is 10.0 Å². The number of benzene rings is 2. The Bertz CT molecular complexity index is 679. The number of hydrogen-bond acceptors (Lipinski definition) is 3. The van der Waals surface area contributed by atoms with Crippen molar-refractivity contribution in [2.45, 2.75) is 0 Å². The number of nitrogens with zero attached hydrogens (tertiary/aromatic N) is 1. The first-order valence-electron chi connectivity index (χ1n) is 5.52. The van der Waals surface area contributed by atoms with Crippen LogP contribution in [0, 0.1) is 11.3 Å². The first-order chi connectivity index (χ1) is 9.58. The molecule has 0 atom stereocenters. The van der Waals surface area contributed by atoms with Gasteiger partial charge in [-0.3, -0.25) is 5.32 Å². The van der Waals surface area contributed by atoms with Gasteiger partial charge in [0.15, 0.2) is 0 Å². The van der Waals surface area contributed by atoms with Crippen LogP contribution in [0.4, 0.5) is 10.5 Å². The number of hydrogen-bond donors (Lipinski definition) is 1. The molecule has 100 valence electrons. The van der Waals surface area contributed by atoms with Crippen LogP contribution in [0.3, 0.4) is 0 Å². The van der Waals surface area contributed by atoms with Gasteiger partial charge in [-0.2, -0.15) is 5.26 Å². The van der Waals surface area contributed by atoms with Crippen molar-refractivity contribution in [2.24, 2.45) is 0 Å². The predicted molar refractivity (Wildman–Crippen MR) is 77.3 cm³/mol. The Morgan fingerprint density at radius 3 is 2.45 bits per heavy atom. The summed E-state index contributed by atoms with van der Waals surface area (Å²) in [5.74, 6) is 0.326. The monoisotopic (exact) mass is 306 g/mol. The van der Waals surface area contributed by atoms with Gasteiger partial charge in [0, 0.05) is 5.02 Å². The number of ether oxygens (including phenoxy) is 1. The maximum Gasteiger partial charge on any atom is 0.417 e. The number of amides is 1. The largest absolute Gasteiger partial charge is 0.417 e. The second-order valence-corrected chi connectivity index (χ2v) is 4.62.